The summed E-state index contributed by atoms with van der Waals surface area (Å²) >= 11 is 0. The van der Waals surface area contributed by atoms with Crippen molar-refractivity contribution in [1.82, 2.24) is 20.1 Å². The van der Waals surface area contributed by atoms with E-state index in [4.69, 9.17) is 10.5 Å². The second-order valence-corrected chi connectivity index (χ2v) is 5.56. The molecule has 0 aliphatic heterocycles. The molecule has 0 aliphatic rings. The van der Waals surface area contributed by atoms with Crippen LogP contribution in [0.4, 0.5) is 0 Å². The lowest BCUT2D eigenvalue weighted by atomic mass is 10.2. The topological polar surface area (TPSA) is 90.3 Å². The minimum Gasteiger partial charge on any atom is -0.383 e. The summed E-state index contributed by atoms with van der Waals surface area (Å²) in [7, 11) is 1.69. The van der Waals surface area contributed by atoms with Gasteiger partial charge < -0.3 is 15.8 Å². The van der Waals surface area contributed by atoms with Gasteiger partial charge in [-0.2, -0.15) is 5.10 Å². The third-order valence-corrected chi connectivity index (χ3v) is 3.86. The fraction of sp³-hybridized carbons (Fsp3) is 0.471. The Bertz CT molecular complexity index is 665. The molecule has 0 radical (unpaired) electrons. The fourth-order valence-electron chi connectivity index (χ4n) is 2.44. The molecular formula is C17H26N6O. The van der Waals surface area contributed by atoms with Gasteiger partial charge in [-0.1, -0.05) is 6.07 Å². The summed E-state index contributed by atoms with van der Waals surface area (Å²) in [4.78, 5) is 8.70. The molecule has 7 nitrogen and oxygen atoms in total. The molecule has 2 aromatic rings. The van der Waals surface area contributed by atoms with E-state index in [0.717, 1.165) is 35.6 Å². The second kappa shape index (κ2) is 9.02. The first kappa shape index (κ1) is 17.9. The van der Waals surface area contributed by atoms with Crippen LogP contribution in [0, 0.1) is 13.8 Å². The quantitative estimate of drug-likeness (QED) is 0.560. The minimum absolute atomic E-state index is 0.439. The molecule has 0 atom stereocenters. The molecule has 0 aliphatic carbocycles. The predicted molar refractivity (Wildman–Crippen MR) is 94.8 cm³/mol. The van der Waals surface area contributed by atoms with Crippen molar-refractivity contribution in [2.45, 2.75) is 33.4 Å². The number of ether oxygens (including phenoxy) is 1. The lowest BCUT2D eigenvalue weighted by Crippen LogP contribution is -2.33. The highest BCUT2D eigenvalue weighted by Crippen LogP contribution is 2.14. The van der Waals surface area contributed by atoms with Gasteiger partial charge in [-0.05, 0) is 26.0 Å². The van der Waals surface area contributed by atoms with E-state index < -0.39 is 0 Å². The van der Waals surface area contributed by atoms with Gasteiger partial charge in [0.15, 0.2) is 5.96 Å². The summed E-state index contributed by atoms with van der Waals surface area (Å²) in [6.45, 7) is 6.65. The molecule has 0 aromatic carbocycles. The van der Waals surface area contributed by atoms with Crippen LogP contribution in [0.5, 0.6) is 0 Å². The first-order valence-electron chi connectivity index (χ1n) is 8.07. The normalized spacial score (nSPS) is 11.7. The average Bonchev–Trinajstić information content (AvgIpc) is 2.85. The molecular weight excluding hydrogens is 304 g/mol. The second-order valence-electron chi connectivity index (χ2n) is 5.56. The standard InChI is InChI=1S/C17H26N6O/c1-13-16(14(2)23(22-13)10-11-24-3)12-21-17(18)20-9-7-15-6-4-5-8-19-15/h4-6,8H,7,9-12H2,1-3H3,(H3,18,20,21). The van der Waals surface area contributed by atoms with Gasteiger partial charge in [-0.15, -0.1) is 0 Å². The molecule has 0 amide bonds. The van der Waals surface area contributed by atoms with Crippen LogP contribution in [-0.4, -0.2) is 41.0 Å². The van der Waals surface area contributed by atoms with E-state index in [2.05, 4.69) is 20.4 Å². The molecule has 0 spiro atoms. The van der Waals surface area contributed by atoms with Crippen LogP contribution in [0.3, 0.4) is 0 Å². The van der Waals surface area contributed by atoms with Crippen molar-refractivity contribution in [1.29, 1.82) is 0 Å². The maximum atomic E-state index is 5.94. The van der Waals surface area contributed by atoms with Crippen LogP contribution in [-0.2, 0) is 24.2 Å². The zero-order valence-electron chi connectivity index (χ0n) is 14.6. The Kier molecular flexibility index (Phi) is 6.74. The number of hydrogen-bond donors (Lipinski definition) is 2. The molecule has 0 fully saturated rings. The lowest BCUT2D eigenvalue weighted by molar-refractivity contribution is 0.182. The summed E-state index contributed by atoms with van der Waals surface area (Å²) in [6, 6.07) is 5.88. The van der Waals surface area contributed by atoms with E-state index in [1.54, 1.807) is 13.3 Å². The predicted octanol–water partition coefficient (Wildman–Crippen LogP) is 1.19. The number of pyridine rings is 1. The van der Waals surface area contributed by atoms with E-state index >= 15 is 0 Å². The van der Waals surface area contributed by atoms with E-state index in [0.29, 0.717) is 25.7 Å². The highest BCUT2D eigenvalue weighted by Gasteiger charge is 2.10. The maximum Gasteiger partial charge on any atom is 0.188 e. The minimum atomic E-state index is 0.439. The summed E-state index contributed by atoms with van der Waals surface area (Å²) in [5.74, 6) is 0.439. The molecule has 0 unspecified atom stereocenters. The average molecular weight is 330 g/mol. The van der Waals surface area contributed by atoms with Crippen LogP contribution in [0.1, 0.15) is 22.6 Å². The molecule has 0 saturated heterocycles. The third kappa shape index (κ3) is 5.06. The molecule has 130 valence electrons. The highest BCUT2D eigenvalue weighted by atomic mass is 16.5. The number of hydrogen-bond acceptors (Lipinski definition) is 4. The summed E-state index contributed by atoms with van der Waals surface area (Å²) < 4.78 is 7.06. The van der Waals surface area contributed by atoms with E-state index in [1.807, 2.05) is 36.7 Å². The fourth-order valence-corrected chi connectivity index (χ4v) is 2.44. The van der Waals surface area contributed by atoms with Crippen molar-refractivity contribution in [3.63, 3.8) is 0 Å². The Balaban J connectivity index is 1.86. The van der Waals surface area contributed by atoms with Gasteiger partial charge in [0.25, 0.3) is 0 Å². The van der Waals surface area contributed by atoms with E-state index in [9.17, 15) is 0 Å². The number of methoxy groups -OCH3 is 1. The summed E-state index contributed by atoms with van der Waals surface area (Å²) in [5.41, 5.74) is 10.2. The van der Waals surface area contributed by atoms with Gasteiger partial charge in [0.2, 0.25) is 0 Å². The van der Waals surface area contributed by atoms with Crippen LogP contribution in [0.25, 0.3) is 0 Å². The van der Waals surface area contributed by atoms with E-state index in [-0.39, 0.29) is 0 Å². The number of aliphatic imine (C=N–C) groups is 1. The van der Waals surface area contributed by atoms with Crippen molar-refractivity contribution in [2.75, 3.05) is 20.3 Å². The number of nitrogens with two attached hydrogens (primary N) is 1. The monoisotopic (exact) mass is 330 g/mol. The number of nitrogens with one attached hydrogen (secondary N) is 1. The number of guanidine groups is 1. The Morgan fingerprint density at radius 2 is 2.21 bits per heavy atom. The Morgan fingerprint density at radius 3 is 2.92 bits per heavy atom. The smallest absolute Gasteiger partial charge is 0.188 e. The molecule has 2 heterocycles. The van der Waals surface area contributed by atoms with Gasteiger partial charge in [-0.3, -0.25) is 9.67 Å². The highest BCUT2D eigenvalue weighted by molar-refractivity contribution is 5.77. The zero-order chi connectivity index (χ0) is 17.4. The van der Waals surface area contributed by atoms with Gasteiger partial charge in [0, 0.05) is 43.2 Å². The van der Waals surface area contributed by atoms with Gasteiger partial charge >= 0.3 is 0 Å². The third-order valence-electron chi connectivity index (χ3n) is 3.86. The van der Waals surface area contributed by atoms with Crippen LogP contribution in [0.15, 0.2) is 29.4 Å². The molecule has 2 aromatic heterocycles. The molecule has 3 N–H and O–H groups in total. The Hall–Kier alpha value is -2.41. The first-order valence-corrected chi connectivity index (χ1v) is 8.07. The van der Waals surface area contributed by atoms with Crippen molar-refractivity contribution in [2.24, 2.45) is 10.7 Å². The Labute approximate surface area is 142 Å². The first-order chi connectivity index (χ1) is 11.6. The van der Waals surface area contributed by atoms with Gasteiger partial charge in [0.05, 0.1) is 25.4 Å². The zero-order valence-corrected chi connectivity index (χ0v) is 14.6. The number of nitrogens with zero attached hydrogens (tertiary/aromatic N) is 4. The molecule has 0 saturated carbocycles. The van der Waals surface area contributed by atoms with Crippen molar-refractivity contribution in [3.8, 4) is 0 Å². The number of rotatable bonds is 8. The van der Waals surface area contributed by atoms with Crippen molar-refractivity contribution >= 4 is 5.96 Å². The van der Waals surface area contributed by atoms with Crippen LogP contribution >= 0.6 is 0 Å². The molecule has 2 rings (SSSR count). The Morgan fingerprint density at radius 1 is 1.38 bits per heavy atom. The summed E-state index contributed by atoms with van der Waals surface area (Å²) in [6.07, 6.45) is 2.60. The van der Waals surface area contributed by atoms with Gasteiger partial charge in [0.1, 0.15) is 0 Å². The molecule has 24 heavy (non-hydrogen) atoms. The molecule has 7 heteroatoms. The van der Waals surface area contributed by atoms with Crippen LogP contribution in [0.2, 0.25) is 0 Å². The molecule has 0 bridgehead atoms. The SMILES string of the molecule is COCCn1nc(C)c(CN=C(N)NCCc2ccccn2)c1C. The van der Waals surface area contributed by atoms with Crippen molar-refractivity contribution < 1.29 is 4.74 Å². The number of aryl methyl sites for hydroxylation is 1. The summed E-state index contributed by atoms with van der Waals surface area (Å²) in [5, 5.41) is 7.65. The number of aromatic nitrogens is 3. The van der Waals surface area contributed by atoms with Gasteiger partial charge in [-0.25, -0.2) is 4.99 Å². The maximum absolute atomic E-state index is 5.94. The van der Waals surface area contributed by atoms with Crippen molar-refractivity contribution in [3.05, 3.63) is 47.0 Å². The lowest BCUT2D eigenvalue weighted by Gasteiger charge is -2.06. The van der Waals surface area contributed by atoms with E-state index in [1.165, 1.54) is 0 Å². The van der Waals surface area contributed by atoms with Crippen LogP contribution < -0.4 is 11.1 Å². The largest absolute Gasteiger partial charge is 0.383 e.